The highest BCUT2D eigenvalue weighted by Crippen LogP contribution is 2.51. The third-order valence-corrected chi connectivity index (χ3v) is 48.7. The van der Waals surface area contributed by atoms with Gasteiger partial charge in [-0.1, -0.05) is 146 Å². The predicted octanol–water partition coefficient (Wildman–Crippen LogP) is 19.8. The number of halogens is 1. The summed E-state index contributed by atoms with van der Waals surface area (Å²) in [5, 5.41) is -0.492. The first kappa shape index (κ1) is 85.8. The first-order chi connectivity index (χ1) is 45.4. The molecule has 6 aliphatic heterocycles. The fourth-order valence-electron chi connectivity index (χ4n) is 13.7. The third-order valence-electron chi connectivity index (χ3n) is 25.2. The molecule has 6 saturated heterocycles. The molecule has 0 amide bonds. The highest BCUT2D eigenvalue weighted by molar-refractivity contribution is 14.1. The number of aryl methyl sites for hydroxylation is 1. The Morgan fingerprint density at radius 2 is 1.23 bits per heavy atom. The number of hydrogen-bond acceptors (Lipinski definition) is 14. The first-order valence-electron chi connectivity index (χ1n) is 37.6. The monoisotopic (exact) mass is 1600 g/mol. The maximum Gasteiger partial charge on any atom is 0.193 e. The minimum Gasteiger partial charge on any atom is -0.414 e. The molecule has 0 aromatic heterocycles. The van der Waals surface area contributed by atoms with Gasteiger partial charge in [0, 0.05) is 25.7 Å². The molecule has 7 rings (SSSR count). The quantitative estimate of drug-likeness (QED) is 0.0348. The van der Waals surface area contributed by atoms with E-state index in [4.69, 9.17) is 55.3 Å². The van der Waals surface area contributed by atoms with Gasteiger partial charge in [0.25, 0.3) is 0 Å². The Labute approximate surface area is 622 Å². The van der Waals surface area contributed by atoms with Crippen LogP contribution in [0, 0.1) is 12.8 Å². The molecule has 6 heterocycles. The van der Waals surface area contributed by atoms with Crippen molar-refractivity contribution >= 4 is 81.0 Å². The average Bonchev–Trinajstić information content (AvgIpc) is 1.18. The van der Waals surface area contributed by atoms with Gasteiger partial charge < -0.3 is 59.8 Å². The molecule has 1 aromatic rings. The smallest absolute Gasteiger partial charge is 0.193 e. The van der Waals surface area contributed by atoms with Crippen molar-refractivity contribution in [3.63, 3.8) is 0 Å². The van der Waals surface area contributed by atoms with Gasteiger partial charge in [-0.3, -0.25) is 4.79 Å². The van der Waals surface area contributed by atoms with E-state index in [1.165, 1.54) is 0 Å². The summed E-state index contributed by atoms with van der Waals surface area (Å²) in [6.07, 6.45) is 5.83. The van der Waals surface area contributed by atoms with E-state index >= 15 is 4.79 Å². The van der Waals surface area contributed by atoms with Gasteiger partial charge >= 0.3 is 0 Å². The SMILES string of the molecule is C=C1C[C@H](CCC2OCCO2)O[C@H]1CC[C@H]1CCC(=C)[C@@H](C[C@@H]2O[C@H](CC(CO[Si](C)(C)C(C)(C)C)O[Si](C)(C)C(C)(C)C)C[C@H]2CC(=O)C(c2cc(S(=O)O)ccc2C)[C@H]2CC[C@@H]3OC(C(/C=C/I)O[Si](C)(C)C(C)(C)C)C(O[Si](C)(C)C(C)(C)C)C(O[Si](C)(C)C(C)(C)C)[C@@H]3O2)O1. The number of hydrogen-bond donors (Lipinski definition) is 1. The lowest BCUT2D eigenvalue weighted by Gasteiger charge is -2.56. The van der Waals surface area contributed by atoms with Gasteiger partial charge in [0.2, 0.25) is 0 Å². The topological polar surface area (TPSA) is 165 Å². The summed E-state index contributed by atoms with van der Waals surface area (Å²) in [6.45, 7) is 70.0. The van der Waals surface area contributed by atoms with Crippen molar-refractivity contribution in [2.45, 2.75) is 387 Å². The fourth-order valence-corrected chi connectivity index (χ4v) is 20.7. The van der Waals surface area contributed by atoms with Gasteiger partial charge in [-0.15, -0.1) is 0 Å². The van der Waals surface area contributed by atoms with Crippen LogP contribution in [0.5, 0.6) is 0 Å². The van der Waals surface area contributed by atoms with E-state index in [0.717, 1.165) is 61.7 Å². The number of rotatable bonds is 29. The van der Waals surface area contributed by atoms with Gasteiger partial charge in [0.05, 0.1) is 91.7 Å². The zero-order valence-corrected chi connectivity index (χ0v) is 74.4. The van der Waals surface area contributed by atoms with Gasteiger partial charge in [-0.2, -0.15) is 0 Å². The van der Waals surface area contributed by atoms with Crippen LogP contribution in [-0.4, -0.2) is 168 Å². The van der Waals surface area contributed by atoms with Crippen LogP contribution in [0.4, 0.5) is 0 Å². The highest BCUT2D eigenvalue weighted by atomic mass is 127. The van der Waals surface area contributed by atoms with E-state index in [1.807, 2.05) is 17.1 Å². The molecular formula is C77H137IO15SSi5. The summed E-state index contributed by atoms with van der Waals surface area (Å²) in [5.74, 6) is -1.06. The standard InChI is InChI=1S/C77H137IO15SSi5/c1-50-30-34-58(94(80)81)47-59(50)68(62-36-37-63-69(88-62)71(92-98(25,26)76(13,14)15)72(93-99(27,28)77(16,17)18)70(89-63)64(39-40-78)91-97(23,24)75(10,11)12)60(79)45-53-44-56(46-57(90-96(21,22)74(7,8)9)49-84-95(19,20)73(4,5)6)87-66(53)48-65-51(2)29-31-54(85-65)32-35-61-52(3)43-55(86-61)33-38-67-82-41-42-83-67/h30,34,39-40,47,53-57,61-72H,2-3,29,31-33,35-38,41-46,48-49H2,1,4-28H3,(H,80,81)/b40-39+/t53-,54+,55-,56-,57?,61-,62+,63-,64?,65+,66-,68?,69+,70?,71?,72?/m0/s1. The molecule has 15 nitrogen and oxygen atoms in total. The highest BCUT2D eigenvalue weighted by Gasteiger charge is 2.59. The molecule has 22 heteroatoms. The van der Waals surface area contributed by atoms with Crippen LogP contribution in [0.25, 0.3) is 0 Å². The van der Waals surface area contributed by atoms with E-state index in [-0.39, 0.29) is 97.2 Å². The first-order valence-corrected chi connectivity index (χ1v) is 54.5. The lowest BCUT2D eigenvalue weighted by Crippen LogP contribution is -2.69. The summed E-state index contributed by atoms with van der Waals surface area (Å²) < 4.78 is 112. The molecule has 6 fully saturated rings. The van der Waals surface area contributed by atoms with Gasteiger partial charge in [-0.05, 0) is 206 Å². The summed E-state index contributed by atoms with van der Waals surface area (Å²) in [5.41, 5.74) is 3.71. The number of ether oxygens (including phenoxy) is 7. The molecular weight excluding hydrogens is 1460 g/mol. The van der Waals surface area contributed by atoms with Crippen molar-refractivity contribution in [3.8, 4) is 0 Å². The van der Waals surface area contributed by atoms with Crippen molar-refractivity contribution < 1.29 is 68.8 Å². The van der Waals surface area contributed by atoms with E-state index in [2.05, 4.69) is 211 Å². The summed E-state index contributed by atoms with van der Waals surface area (Å²) >= 11 is -0.0103. The molecule has 0 radical (unpaired) electrons. The predicted molar refractivity (Wildman–Crippen MR) is 423 cm³/mol. The number of carbonyl (C=O) groups is 1. The van der Waals surface area contributed by atoms with Crippen LogP contribution >= 0.6 is 22.6 Å². The summed E-state index contributed by atoms with van der Waals surface area (Å²) in [4.78, 5) is 16.8. The van der Waals surface area contributed by atoms with E-state index in [9.17, 15) is 8.76 Å². The molecule has 0 saturated carbocycles. The lowest BCUT2D eigenvalue weighted by molar-refractivity contribution is -0.268. The second-order valence-corrected chi connectivity index (χ2v) is 63.4. The minimum absolute atomic E-state index is 0.000492. The van der Waals surface area contributed by atoms with Crippen LogP contribution < -0.4 is 0 Å². The number of fused-ring (bicyclic) bond motifs is 1. The second kappa shape index (κ2) is 33.6. The van der Waals surface area contributed by atoms with E-state index in [0.29, 0.717) is 57.5 Å². The van der Waals surface area contributed by atoms with Crippen LogP contribution in [0.2, 0.25) is 90.7 Å². The number of benzene rings is 1. The average molecular weight is 1600 g/mol. The Morgan fingerprint density at radius 1 is 0.667 bits per heavy atom. The Hall–Kier alpha value is -0.446. The van der Waals surface area contributed by atoms with Crippen molar-refractivity contribution in [2.24, 2.45) is 5.92 Å². The number of carbonyl (C=O) groups excluding carboxylic acids is 1. The van der Waals surface area contributed by atoms with Crippen molar-refractivity contribution in [1.29, 1.82) is 0 Å². The molecule has 1 aromatic carbocycles. The van der Waals surface area contributed by atoms with Crippen molar-refractivity contribution in [1.82, 2.24) is 0 Å². The fraction of sp³-hybridized carbons (Fsp3) is 0.831. The summed E-state index contributed by atoms with van der Waals surface area (Å²) in [7, 11) is -12.2. The molecule has 6 aliphatic rings. The van der Waals surface area contributed by atoms with Crippen LogP contribution in [-0.2, 0) is 71.2 Å². The van der Waals surface area contributed by atoms with Gasteiger partial charge in [-0.25, -0.2) is 4.21 Å². The Balaban J connectivity index is 1.27. The van der Waals surface area contributed by atoms with Gasteiger partial charge in [0.15, 0.2) is 59.0 Å². The zero-order chi connectivity index (χ0) is 74.2. The van der Waals surface area contributed by atoms with Crippen molar-refractivity contribution in [3.05, 3.63) is 63.8 Å². The summed E-state index contributed by atoms with van der Waals surface area (Å²) in [6, 6.07) is 5.33. The van der Waals surface area contributed by atoms with Crippen LogP contribution in [0.15, 0.2) is 57.6 Å². The molecule has 1 N–H and O–H groups in total. The second-order valence-electron chi connectivity index (χ2n) is 37.8. The minimum atomic E-state index is -2.64. The Bertz CT molecular complexity index is 2920. The molecule has 17 atom stereocenters. The van der Waals surface area contributed by atoms with Crippen LogP contribution in [0.3, 0.4) is 0 Å². The normalized spacial score (nSPS) is 29.9. The van der Waals surface area contributed by atoms with E-state index in [1.54, 1.807) is 12.1 Å². The number of Topliss-reactive ketones (excluding diaryl/α,β-unsaturated/α-hetero) is 1. The molecule has 7 unspecified atom stereocenters. The molecule has 99 heavy (non-hydrogen) atoms. The van der Waals surface area contributed by atoms with E-state index < -0.39 is 101 Å². The maximum atomic E-state index is 16.6. The maximum absolute atomic E-state index is 16.6. The third kappa shape index (κ3) is 21.9. The Kier molecular flexibility index (Phi) is 29.1. The molecule has 0 spiro atoms. The zero-order valence-electron chi connectivity index (χ0n) is 66.4. The molecule has 0 bridgehead atoms. The largest absolute Gasteiger partial charge is 0.414 e. The van der Waals surface area contributed by atoms with Crippen molar-refractivity contribution in [2.75, 3.05) is 19.8 Å². The van der Waals surface area contributed by atoms with Crippen LogP contribution in [0.1, 0.15) is 204 Å². The van der Waals surface area contributed by atoms with Gasteiger partial charge in [0.1, 0.15) is 30.2 Å². The number of ketones is 1. The molecule has 0 aliphatic carbocycles. The lowest BCUT2D eigenvalue weighted by atomic mass is 9.77. The Morgan fingerprint density at radius 3 is 1.81 bits per heavy atom. The molecule has 568 valence electrons.